The van der Waals surface area contributed by atoms with Crippen LogP contribution in [0.2, 0.25) is 5.15 Å². The molecule has 0 atom stereocenters. The Hall–Kier alpha value is -2.40. The highest BCUT2D eigenvalue weighted by atomic mass is 35.5. The number of hydrogen-bond acceptors (Lipinski definition) is 4. The molecule has 96 valence electrons. The van der Waals surface area contributed by atoms with Crippen LogP contribution in [0, 0.1) is 0 Å². The monoisotopic (exact) mass is 274 g/mol. The molecule has 6 heteroatoms. The summed E-state index contributed by atoms with van der Waals surface area (Å²) in [7, 11) is 0. The summed E-state index contributed by atoms with van der Waals surface area (Å²) in [6.45, 7) is 0. The Balaban J connectivity index is 1.99. The molecule has 0 fully saturated rings. The molecule has 1 heterocycles. The zero-order valence-corrected chi connectivity index (χ0v) is 10.6. The first-order valence-electron chi connectivity index (χ1n) is 5.47. The second kappa shape index (κ2) is 5.97. The number of rotatable bonds is 3. The van der Waals surface area contributed by atoms with Crippen molar-refractivity contribution in [3.05, 3.63) is 53.2 Å². The third-order valence-corrected chi connectivity index (χ3v) is 2.42. The number of carbonyl (C=O) groups is 1. The number of amides is 1. The number of benzene rings is 1. The Kier molecular flexibility index (Phi) is 4.10. The number of nitrogens with one attached hydrogen (secondary N) is 1. The minimum Gasteiger partial charge on any atom is -0.399 e. The van der Waals surface area contributed by atoms with Gasteiger partial charge in [0, 0.05) is 11.8 Å². The molecule has 19 heavy (non-hydrogen) atoms. The predicted molar refractivity (Wildman–Crippen MR) is 75.6 cm³/mol. The van der Waals surface area contributed by atoms with Crippen molar-refractivity contribution >= 4 is 35.1 Å². The molecular formula is C13H11ClN4O. The Labute approximate surface area is 115 Å². The largest absolute Gasteiger partial charge is 0.399 e. The first-order chi connectivity index (χ1) is 9.13. The molecule has 1 aromatic heterocycles. The number of hydrogen-bond donors (Lipinski definition) is 2. The minimum absolute atomic E-state index is 0.272. The van der Waals surface area contributed by atoms with Gasteiger partial charge in [0.1, 0.15) is 0 Å². The van der Waals surface area contributed by atoms with E-state index in [1.807, 2.05) is 12.1 Å². The van der Waals surface area contributed by atoms with E-state index in [1.54, 1.807) is 30.3 Å². The van der Waals surface area contributed by atoms with Gasteiger partial charge in [0.25, 0.3) is 0 Å². The maximum atomic E-state index is 11.6. The van der Waals surface area contributed by atoms with Gasteiger partial charge in [-0.25, -0.2) is 0 Å². The van der Waals surface area contributed by atoms with Crippen molar-refractivity contribution in [2.45, 2.75) is 0 Å². The summed E-state index contributed by atoms with van der Waals surface area (Å²) in [4.78, 5) is 11.6. The highest BCUT2D eigenvalue weighted by Crippen LogP contribution is 2.09. The van der Waals surface area contributed by atoms with E-state index in [0.29, 0.717) is 11.5 Å². The van der Waals surface area contributed by atoms with Crippen molar-refractivity contribution < 1.29 is 4.79 Å². The summed E-state index contributed by atoms with van der Waals surface area (Å²) in [6, 6.07) is 10.3. The lowest BCUT2D eigenvalue weighted by Crippen LogP contribution is -2.09. The van der Waals surface area contributed by atoms with Crippen LogP contribution in [-0.4, -0.2) is 16.1 Å². The molecule has 0 aliphatic carbocycles. The molecule has 0 saturated carbocycles. The molecule has 1 aromatic carbocycles. The second-order valence-electron chi connectivity index (χ2n) is 3.73. The Morgan fingerprint density at radius 3 is 2.79 bits per heavy atom. The molecule has 0 spiro atoms. The number of anilines is 2. The van der Waals surface area contributed by atoms with E-state index < -0.39 is 0 Å². The van der Waals surface area contributed by atoms with E-state index in [2.05, 4.69) is 15.5 Å². The van der Waals surface area contributed by atoms with Gasteiger partial charge in [-0.05, 0) is 35.9 Å². The molecule has 5 nitrogen and oxygen atoms in total. The highest BCUT2D eigenvalue weighted by molar-refractivity contribution is 6.29. The lowest BCUT2D eigenvalue weighted by atomic mass is 10.2. The van der Waals surface area contributed by atoms with E-state index in [1.165, 1.54) is 6.08 Å². The van der Waals surface area contributed by atoms with Crippen molar-refractivity contribution in [2.75, 3.05) is 11.1 Å². The third-order valence-electron chi connectivity index (χ3n) is 2.22. The van der Waals surface area contributed by atoms with Gasteiger partial charge in [-0.1, -0.05) is 23.7 Å². The Morgan fingerprint density at radius 2 is 2.11 bits per heavy atom. The fourth-order valence-corrected chi connectivity index (χ4v) is 1.49. The number of nitrogen functional groups attached to an aromatic ring is 1. The van der Waals surface area contributed by atoms with E-state index in [-0.39, 0.29) is 11.1 Å². The fourth-order valence-electron chi connectivity index (χ4n) is 1.39. The number of nitrogens with zero attached hydrogens (tertiary/aromatic N) is 2. The van der Waals surface area contributed by atoms with Gasteiger partial charge in [-0.3, -0.25) is 4.79 Å². The lowest BCUT2D eigenvalue weighted by molar-refractivity contribution is -0.111. The van der Waals surface area contributed by atoms with E-state index >= 15 is 0 Å². The molecule has 0 radical (unpaired) electrons. The van der Waals surface area contributed by atoms with E-state index in [4.69, 9.17) is 17.3 Å². The van der Waals surface area contributed by atoms with Crippen LogP contribution in [0.3, 0.4) is 0 Å². The number of halogens is 1. The van der Waals surface area contributed by atoms with Crippen LogP contribution >= 0.6 is 11.6 Å². The van der Waals surface area contributed by atoms with Gasteiger partial charge in [0.15, 0.2) is 11.0 Å². The summed E-state index contributed by atoms with van der Waals surface area (Å²) >= 11 is 5.59. The van der Waals surface area contributed by atoms with Crippen LogP contribution in [0.15, 0.2) is 42.5 Å². The summed E-state index contributed by atoms with van der Waals surface area (Å²) in [5.41, 5.74) is 7.13. The third kappa shape index (κ3) is 4.08. The molecule has 0 saturated heterocycles. The summed E-state index contributed by atoms with van der Waals surface area (Å²) in [6.07, 6.45) is 3.06. The first-order valence-corrected chi connectivity index (χ1v) is 5.85. The van der Waals surface area contributed by atoms with Crippen molar-refractivity contribution in [3.63, 3.8) is 0 Å². The van der Waals surface area contributed by atoms with E-state index in [0.717, 1.165) is 5.56 Å². The van der Waals surface area contributed by atoms with Gasteiger partial charge in [0.05, 0.1) is 0 Å². The SMILES string of the molecule is Nc1cccc(/C=C/C(=O)Nc2ccc(Cl)nn2)c1. The van der Waals surface area contributed by atoms with Crippen LogP contribution < -0.4 is 11.1 Å². The van der Waals surface area contributed by atoms with Crippen LogP contribution in [0.4, 0.5) is 11.5 Å². The first kappa shape index (κ1) is 13.0. The molecule has 0 aliphatic rings. The van der Waals surface area contributed by atoms with Crippen molar-refractivity contribution in [1.82, 2.24) is 10.2 Å². The van der Waals surface area contributed by atoms with Gasteiger partial charge < -0.3 is 11.1 Å². The van der Waals surface area contributed by atoms with E-state index in [9.17, 15) is 4.79 Å². The van der Waals surface area contributed by atoms with Crippen molar-refractivity contribution in [1.29, 1.82) is 0 Å². The highest BCUT2D eigenvalue weighted by Gasteiger charge is 1.99. The number of aromatic nitrogens is 2. The van der Waals surface area contributed by atoms with Crippen molar-refractivity contribution in [2.24, 2.45) is 0 Å². The summed E-state index contributed by atoms with van der Waals surface area (Å²) in [5, 5.41) is 10.2. The maximum absolute atomic E-state index is 11.6. The Morgan fingerprint density at radius 1 is 1.26 bits per heavy atom. The predicted octanol–water partition coefficient (Wildman–Crippen LogP) is 2.36. The summed E-state index contributed by atoms with van der Waals surface area (Å²) in [5.74, 6) is 0.0330. The smallest absolute Gasteiger partial charge is 0.249 e. The average Bonchev–Trinajstić information content (AvgIpc) is 2.39. The topological polar surface area (TPSA) is 80.9 Å². The standard InChI is InChI=1S/C13H11ClN4O/c14-11-5-6-12(18-17-11)16-13(19)7-4-9-2-1-3-10(15)8-9/h1-8H,15H2,(H,16,18,19)/b7-4+. The molecule has 2 aromatic rings. The normalized spacial score (nSPS) is 10.6. The maximum Gasteiger partial charge on any atom is 0.249 e. The lowest BCUT2D eigenvalue weighted by Gasteiger charge is -1.99. The molecule has 0 bridgehead atoms. The quantitative estimate of drug-likeness (QED) is 0.665. The van der Waals surface area contributed by atoms with Crippen molar-refractivity contribution in [3.8, 4) is 0 Å². The molecule has 3 N–H and O–H groups in total. The molecular weight excluding hydrogens is 264 g/mol. The molecule has 1 amide bonds. The van der Waals surface area contributed by atoms with Gasteiger partial charge >= 0.3 is 0 Å². The van der Waals surface area contributed by atoms with Crippen LogP contribution in [0.25, 0.3) is 6.08 Å². The fraction of sp³-hybridized carbons (Fsp3) is 0. The minimum atomic E-state index is -0.306. The molecule has 2 rings (SSSR count). The number of nitrogens with two attached hydrogens (primary N) is 1. The molecule has 0 unspecified atom stereocenters. The zero-order valence-electron chi connectivity index (χ0n) is 9.88. The van der Waals surface area contributed by atoms with Crippen LogP contribution in [0.1, 0.15) is 5.56 Å². The summed E-state index contributed by atoms with van der Waals surface area (Å²) < 4.78 is 0. The van der Waals surface area contributed by atoms with Gasteiger partial charge in [-0.15, -0.1) is 10.2 Å². The Bertz CT molecular complexity index is 610. The van der Waals surface area contributed by atoms with Crippen LogP contribution in [0.5, 0.6) is 0 Å². The second-order valence-corrected chi connectivity index (χ2v) is 4.12. The average molecular weight is 275 g/mol. The number of carbonyl (C=O) groups excluding carboxylic acids is 1. The zero-order chi connectivity index (χ0) is 13.7. The molecule has 0 aliphatic heterocycles. The van der Waals surface area contributed by atoms with Gasteiger partial charge in [0.2, 0.25) is 5.91 Å². The van der Waals surface area contributed by atoms with Gasteiger partial charge in [-0.2, -0.15) is 0 Å². The van der Waals surface area contributed by atoms with Crippen LogP contribution in [-0.2, 0) is 4.79 Å².